The number of nitrogens with zero attached hydrogens (tertiary/aromatic N) is 2. The summed E-state index contributed by atoms with van der Waals surface area (Å²) in [5.74, 6) is 0.416. The van der Waals surface area contributed by atoms with Gasteiger partial charge in [0.05, 0.1) is 25.1 Å². The summed E-state index contributed by atoms with van der Waals surface area (Å²) in [7, 11) is 1.54. The average molecular weight is 468 g/mol. The summed E-state index contributed by atoms with van der Waals surface area (Å²) in [5, 5.41) is 0. The van der Waals surface area contributed by atoms with Gasteiger partial charge in [-0.15, -0.1) is 11.3 Å². The van der Waals surface area contributed by atoms with Crippen molar-refractivity contribution in [3.63, 3.8) is 0 Å². The van der Waals surface area contributed by atoms with Gasteiger partial charge in [-0.3, -0.25) is 14.6 Å². The van der Waals surface area contributed by atoms with Crippen molar-refractivity contribution in [1.82, 2.24) is 4.98 Å². The molecular formula is C24H25N3O5S. The van der Waals surface area contributed by atoms with Crippen LogP contribution in [0.15, 0.2) is 48.8 Å². The Morgan fingerprint density at radius 3 is 2.73 bits per heavy atom. The van der Waals surface area contributed by atoms with Crippen LogP contribution in [-0.4, -0.2) is 42.7 Å². The van der Waals surface area contributed by atoms with E-state index < -0.39 is 11.6 Å². The molecule has 2 N–H and O–H groups in total. The summed E-state index contributed by atoms with van der Waals surface area (Å²) < 4.78 is 16.6. The molecule has 0 saturated heterocycles. The molecule has 0 atom stereocenters. The van der Waals surface area contributed by atoms with E-state index in [-0.39, 0.29) is 19.1 Å². The Balaban J connectivity index is 1.49. The highest BCUT2D eigenvalue weighted by Crippen LogP contribution is 2.40. The van der Waals surface area contributed by atoms with Gasteiger partial charge >= 0.3 is 5.97 Å². The lowest BCUT2D eigenvalue weighted by molar-refractivity contribution is -0.157. The summed E-state index contributed by atoms with van der Waals surface area (Å²) in [4.78, 5) is 32.2. The Kier molecular flexibility index (Phi) is 6.35. The van der Waals surface area contributed by atoms with Crippen molar-refractivity contribution < 1.29 is 23.8 Å². The molecule has 1 amide bonds. The molecule has 0 bridgehead atoms. The summed E-state index contributed by atoms with van der Waals surface area (Å²) in [6.45, 7) is 3.88. The van der Waals surface area contributed by atoms with Crippen molar-refractivity contribution in [2.75, 3.05) is 25.2 Å². The molecule has 0 radical (unpaired) electrons. The van der Waals surface area contributed by atoms with Crippen LogP contribution in [-0.2, 0) is 16.1 Å². The summed E-state index contributed by atoms with van der Waals surface area (Å²) >= 11 is 1.47. The number of amides is 1. The summed E-state index contributed by atoms with van der Waals surface area (Å²) in [5.41, 5.74) is 7.16. The number of carbonyl (C=O) groups is 2. The highest BCUT2D eigenvalue weighted by Gasteiger charge is 2.32. The van der Waals surface area contributed by atoms with E-state index in [9.17, 15) is 9.59 Å². The molecule has 1 aliphatic heterocycles. The number of esters is 1. The monoisotopic (exact) mass is 467 g/mol. The molecule has 172 valence electrons. The molecule has 33 heavy (non-hydrogen) atoms. The largest absolute Gasteiger partial charge is 0.493 e. The molecule has 0 unspecified atom stereocenters. The summed E-state index contributed by atoms with van der Waals surface area (Å²) in [6.07, 6.45) is 3.53. The number of nitrogens with two attached hydrogens (primary N) is 1. The van der Waals surface area contributed by atoms with Crippen molar-refractivity contribution >= 4 is 28.9 Å². The van der Waals surface area contributed by atoms with Crippen molar-refractivity contribution in [3.8, 4) is 21.9 Å². The lowest BCUT2D eigenvalue weighted by Crippen LogP contribution is -2.37. The van der Waals surface area contributed by atoms with Gasteiger partial charge in [0.15, 0.2) is 11.5 Å². The van der Waals surface area contributed by atoms with Crippen molar-refractivity contribution in [1.29, 1.82) is 0 Å². The number of hydrogen-bond donors (Lipinski definition) is 1. The lowest BCUT2D eigenvalue weighted by atomic mass is 10.1. The van der Waals surface area contributed by atoms with Gasteiger partial charge in [0, 0.05) is 34.6 Å². The van der Waals surface area contributed by atoms with Crippen LogP contribution in [0.2, 0.25) is 0 Å². The van der Waals surface area contributed by atoms with E-state index in [0.29, 0.717) is 23.7 Å². The smallest absolute Gasteiger partial charge is 0.320 e. The second-order valence-corrected chi connectivity index (χ2v) is 9.21. The first kappa shape index (κ1) is 22.8. The maximum Gasteiger partial charge on any atom is 0.320 e. The SMILES string of the molecule is COc1cc(N2Cc3cc(-c4cccnc4)sc3C2=O)ccc1OCC(C)(C)OC(=O)CN. The van der Waals surface area contributed by atoms with E-state index in [1.54, 1.807) is 43.3 Å². The molecular weight excluding hydrogens is 442 g/mol. The van der Waals surface area contributed by atoms with Crippen LogP contribution in [0.4, 0.5) is 5.69 Å². The number of rotatable bonds is 8. The van der Waals surface area contributed by atoms with Gasteiger partial charge in [0.1, 0.15) is 12.2 Å². The number of thiophene rings is 1. The molecule has 1 aliphatic rings. The number of anilines is 1. The fourth-order valence-corrected chi connectivity index (χ4v) is 4.64. The van der Waals surface area contributed by atoms with Gasteiger partial charge in [0.25, 0.3) is 5.91 Å². The number of ether oxygens (including phenoxy) is 3. The normalized spacial score (nSPS) is 13.1. The zero-order valence-corrected chi connectivity index (χ0v) is 19.5. The average Bonchev–Trinajstić information content (AvgIpc) is 3.37. The number of hydrogen-bond acceptors (Lipinski definition) is 8. The van der Waals surface area contributed by atoms with E-state index in [4.69, 9.17) is 19.9 Å². The highest BCUT2D eigenvalue weighted by atomic mass is 32.1. The number of aromatic nitrogens is 1. The van der Waals surface area contributed by atoms with Gasteiger partial charge in [-0.05, 0) is 43.7 Å². The van der Waals surface area contributed by atoms with Crippen LogP contribution in [0.25, 0.3) is 10.4 Å². The molecule has 8 nitrogen and oxygen atoms in total. The van der Waals surface area contributed by atoms with Crippen molar-refractivity contribution in [2.24, 2.45) is 5.73 Å². The topological polar surface area (TPSA) is 104 Å². The molecule has 4 rings (SSSR count). The second-order valence-electron chi connectivity index (χ2n) is 8.16. The standard InChI is InChI=1S/C24H25N3O5S/c1-24(2,32-21(28)11-25)14-31-18-7-6-17(10-19(18)30-3)27-13-16-9-20(33-22(16)23(27)29)15-5-4-8-26-12-15/h4-10,12H,11,13-14,25H2,1-3H3. The first-order valence-electron chi connectivity index (χ1n) is 10.4. The third-order valence-electron chi connectivity index (χ3n) is 5.11. The lowest BCUT2D eigenvalue weighted by Gasteiger charge is -2.25. The fourth-order valence-electron chi connectivity index (χ4n) is 3.53. The predicted molar refractivity (Wildman–Crippen MR) is 126 cm³/mol. The first-order chi connectivity index (χ1) is 15.8. The zero-order valence-electron chi connectivity index (χ0n) is 18.7. The number of pyridine rings is 1. The van der Waals surface area contributed by atoms with Crippen molar-refractivity contribution in [3.05, 3.63) is 59.2 Å². The number of methoxy groups -OCH3 is 1. The third-order valence-corrected chi connectivity index (χ3v) is 6.33. The third kappa shape index (κ3) is 4.84. The summed E-state index contributed by atoms with van der Waals surface area (Å²) in [6, 6.07) is 11.2. The van der Waals surface area contributed by atoms with Crippen LogP contribution >= 0.6 is 11.3 Å². The van der Waals surface area contributed by atoms with Crippen LogP contribution in [0.5, 0.6) is 11.5 Å². The Morgan fingerprint density at radius 2 is 2.06 bits per heavy atom. The van der Waals surface area contributed by atoms with E-state index in [1.165, 1.54) is 18.4 Å². The molecule has 0 spiro atoms. The minimum Gasteiger partial charge on any atom is -0.493 e. The van der Waals surface area contributed by atoms with Gasteiger partial charge in [-0.25, -0.2) is 0 Å². The van der Waals surface area contributed by atoms with Gasteiger partial charge in [-0.1, -0.05) is 6.07 Å². The number of fused-ring (bicyclic) bond motifs is 1. The molecule has 2 aromatic heterocycles. The van der Waals surface area contributed by atoms with E-state index in [0.717, 1.165) is 20.9 Å². The van der Waals surface area contributed by atoms with Crippen molar-refractivity contribution in [2.45, 2.75) is 26.0 Å². The fraction of sp³-hybridized carbons (Fsp3) is 0.292. The minimum atomic E-state index is -0.856. The second kappa shape index (κ2) is 9.21. The van der Waals surface area contributed by atoms with Gasteiger partial charge in [-0.2, -0.15) is 0 Å². The van der Waals surface area contributed by atoms with E-state index >= 15 is 0 Å². The Hall–Kier alpha value is -3.43. The molecule has 3 heterocycles. The molecule has 3 aromatic rings. The predicted octanol–water partition coefficient (Wildman–Crippen LogP) is 3.64. The van der Waals surface area contributed by atoms with Crippen LogP contribution in [0.3, 0.4) is 0 Å². The zero-order chi connectivity index (χ0) is 23.6. The Labute approximate surface area is 195 Å². The Morgan fingerprint density at radius 1 is 1.24 bits per heavy atom. The van der Waals surface area contributed by atoms with Crippen LogP contribution < -0.4 is 20.1 Å². The number of carbonyl (C=O) groups excluding carboxylic acids is 2. The van der Waals surface area contributed by atoms with Gasteiger partial charge in [0.2, 0.25) is 0 Å². The molecule has 9 heteroatoms. The molecule has 1 aromatic carbocycles. The quantitative estimate of drug-likeness (QED) is 0.505. The molecule has 0 aliphatic carbocycles. The number of benzene rings is 1. The Bertz CT molecular complexity index is 1180. The maximum atomic E-state index is 13.1. The van der Waals surface area contributed by atoms with Crippen LogP contribution in [0.1, 0.15) is 29.1 Å². The van der Waals surface area contributed by atoms with E-state index in [1.807, 2.05) is 24.3 Å². The van der Waals surface area contributed by atoms with E-state index in [2.05, 4.69) is 4.98 Å². The minimum absolute atomic E-state index is 0.0457. The maximum absolute atomic E-state index is 13.1. The van der Waals surface area contributed by atoms with Crippen LogP contribution in [0, 0.1) is 0 Å². The molecule has 0 fully saturated rings. The highest BCUT2D eigenvalue weighted by molar-refractivity contribution is 7.17. The molecule has 0 saturated carbocycles. The van der Waals surface area contributed by atoms with Gasteiger partial charge < -0.3 is 24.8 Å². The first-order valence-corrected chi connectivity index (χ1v) is 11.2.